The van der Waals surface area contributed by atoms with Crippen LogP contribution in [0.5, 0.6) is 0 Å². The predicted octanol–water partition coefficient (Wildman–Crippen LogP) is 3.80. The monoisotopic (exact) mass is 280 g/mol. The number of allylic oxidation sites excluding steroid dienone is 1. The van der Waals surface area contributed by atoms with Gasteiger partial charge in [-0.2, -0.15) is 0 Å². The van der Waals surface area contributed by atoms with Gasteiger partial charge in [0.2, 0.25) is 0 Å². The molecule has 0 heterocycles. The lowest BCUT2D eigenvalue weighted by atomic mass is 9.70. The van der Waals surface area contributed by atoms with E-state index >= 15 is 0 Å². The number of rotatable bonds is 6. The van der Waals surface area contributed by atoms with Gasteiger partial charge in [0.15, 0.2) is 0 Å². The second-order valence-corrected chi connectivity index (χ2v) is 5.10. The van der Waals surface area contributed by atoms with E-state index in [0.717, 1.165) is 36.0 Å². The Labute approximate surface area is 126 Å². The molecule has 21 heavy (non-hydrogen) atoms. The average Bonchev–Trinajstić information content (AvgIpc) is 2.52. The standard InChI is InChI=1S/C18H21BO2/c1-2-3-14-17(15-10-6-4-7-11-15)18(19(20)21)16-12-8-5-9-13-16/h4-13,20-21H,2-3,14H2,1H3. The van der Waals surface area contributed by atoms with Crippen LogP contribution in [0.3, 0.4) is 0 Å². The molecular formula is C18H21BO2. The molecule has 0 aromatic heterocycles. The fraction of sp³-hybridized carbons (Fsp3) is 0.222. The maximum absolute atomic E-state index is 9.89. The quantitative estimate of drug-likeness (QED) is 0.624. The van der Waals surface area contributed by atoms with Crippen LogP contribution >= 0.6 is 0 Å². The van der Waals surface area contributed by atoms with Crippen molar-refractivity contribution in [1.29, 1.82) is 0 Å². The van der Waals surface area contributed by atoms with Crippen molar-refractivity contribution in [1.82, 2.24) is 0 Å². The molecule has 0 fully saturated rings. The smallest absolute Gasteiger partial charge is 0.423 e. The number of hydrogen-bond donors (Lipinski definition) is 2. The van der Waals surface area contributed by atoms with E-state index in [4.69, 9.17) is 0 Å². The fourth-order valence-corrected chi connectivity index (χ4v) is 2.52. The minimum absolute atomic E-state index is 0.607. The molecule has 0 aliphatic rings. The van der Waals surface area contributed by atoms with Gasteiger partial charge >= 0.3 is 7.12 Å². The van der Waals surface area contributed by atoms with Crippen molar-refractivity contribution in [2.75, 3.05) is 0 Å². The summed E-state index contributed by atoms with van der Waals surface area (Å²) in [6, 6.07) is 19.6. The van der Waals surface area contributed by atoms with Crippen LogP contribution in [-0.2, 0) is 0 Å². The Hall–Kier alpha value is -1.84. The molecule has 2 N–H and O–H groups in total. The normalized spacial score (nSPS) is 12.0. The van der Waals surface area contributed by atoms with Crippen molar-refractivity contribution in [3.05, 3.63) is 71.8 Å². The molecule has 2 rings (SSSR count). The number of unbranched alkanes of at least 4 members (excludes halogenated alkanes) is 1. The van der Waals surface area contributed by atoms with Crippen molar-refractivity contribution in [3.63, 3.8) is 0 Å². The zero-order valence-electron chi connectivity index (χ0n) is 12.4. The van der Waals surface area contributed by atoms with Crippen molar-refractivity contribution >= 4 is 18.2 Å². The van der Waals surface area contributed by atoms with E-state index < -0.39 is 7.12 Å². The minimum Gasteiger partial charge on any atom is -0.423 e. The third-order valence-electron chi connectivity index (χ3n) is 3.57. The first-order chi connectivity index (χ1) is 10.2. The molecular weight excluding hydrogens is 259 g/mol. The van der Waals surface area contributed by atoms with Gasteiger partial charge in [0.05, 0.1) is 0 Å². The molecule has 3 heteroatoms. The lowest BCUT2D eigenvalue weighted by Gasteiger charge is -2.16. The van der Waals surface area contributed by atoms with Crippen LogP contribution in [0, 0.1) is 0 Å². The lowest BCUT2D eigenvalue weighted by molar-refractivity contribution is 0.427. The van der Waals surface area contributed by atoms with Gasteiger partial charge in [-0.05, 0) is 35.0 Å². The summed E-state index contributed by atoms with van der Waals surface area (Å²) in [5.74, 6) is 0. The molecule has 0 atom stereocenters. The highest BCUT2D eigenvalue weighted by Crippen LogP contribution is 2.31. The van der Waals surface area contributed by atoms with E-state index in [1.54, 1.807) is 0 Å². The van der Waals surface area contributed by atoms with Crippen molar-refractivity contribution in [3.8, 4) is 0 Å². The Balaban J connectivity index is 2.56. The highest BCUT2D eigenvalue weighted by molar-refractivity contribution is 6.68. The topological polar surface area (TPSA) is 40.5 Å². The Morgan fingerprint density at radius 1 is 0.857 bits per heavy atom. The summed E-state index contributed by atoms with van der Waals surface area (Å²) in [4.78, 5) is 0. The third kappa shape index (κ3) is 4.07. The zero-order valence-corrected chi connectivity index (χ0v) is 12.4. The van der Waals surface area contributed by atoms with Gasteiger partial charge in [-0.3, -0.25) is 0 Å². The Kier molecular flexibility index (Phi) is 5.79. The Bertz CT molecular complexity index is 577. The Morgan fingerprint density at radius 3 is 1.86 bits per heavy atom. The summed E-state index contributed by atoms with van der Waals surface area (Å²) in [5.41, 5.74) is 3.54. The van der Waals surface area contributed by atoms with Gasteiger partial charge in [-0.1, -0.05) is 74.0 Å². The molecule has 2 nitrogen and oxygen atoms in total. The summed E-state index contributed by atoms with van der Waals surface area (Å²) >= 11 is 0. The molecule has 0 saturated heterocycles. The van der Waals surface area contributed by atoms with Gasteiger partial charge in [0.1, 0.15) is 0 Å². The molecule has 0 saturated carbocycles. The maximum Gasteiger partial charge on any atom is 0.489 e. The van der Waals surface area contributed by atoms with Crippen LogP contribution in [0.2, 0.25) is 0 Å². The summed E-state index contributed by atoms with van der Waals surface area (Å²) in [6.07, 6.45) is 2.93. The molecule has 0 radical (unpaired) electrons. The molecule has 0 aliphatic heterocycles. The molecule has 2 aromatic carbocycles. The van der Waals surface area contributed by atoms with Gasteiger partial charge in [-0.15, -0.1) is 0 Å². The second kappa shape index (κ2) is 7.82. The van der Waals surface area contributed by atoms with Crippen molar-refractivity contribution < 1.29 is 10.0 Å². The molecule has 2 aromatic rings. The van der Waals surface area contributed by atoms with E-state index in [2.05, 4.69) is 6.92 Å². The van der Waals surface area contributed by atoms with Gasteiger partial charge in [0.25, 0.3) is 0 Å². The van der Waals surface area contributed by atoms with E-state index in [1.807, 2.05) is 60.7 Å². The third-order valence-corrected chi connectivity index (χ3v) is 3.57. The van der Waals surface area contributed by atoms with Crippen LogP contribution in [-0.4, -0.2) is 17.2 Å². The SMILES string of the molecule is CCCCC(=C(B(O)O)c1ccccc1)c1ccccc1. The molecule has 0 spiro atoms. The van der Waals surface area contributed by atoms with Crippen LogP contribution in [0.15, 0.2) is 60.7 Å². The van der Waals surface area contributed by atoms with Crippen molar-refractivity contribution in [2.24, 2.45) is 0 Å². The number of benzene rings is 2. The molecule has 0 unspecified atom stereocenters. The minimum atomic E-state index is -1.47. The van der Waals surface area contributed by atoms with Crippen LogP contribution in [0.1, 0.15) is 37.3 Å². The van der Waals surface area contributed by atoms with E-state index in [9.17, 15) is 10.0 Å². The molecule has 0 amide bonds. The number of hydrogen-bond acceptors (Lipinski definition) is 2. The average molecular weight is 280 g/mol. The highest BCUT2D eigenvalue weighted by Gasteiger charge is 2.22. The van der Waals surface area contributed by atoms with Crippen LogP contribution in [0.4, 0.5) is 0 Å². The predicted molar refractivity (Wildman–Crippen MR) is 89.4 cm³/mol. The summed E-state index contributed by atoms with van der Waals surface area (Å²) in [5, 5.41) is 19.8. The first kappa shape index (κ1) is 15.6. The van der Waals surface area contributed by atoms with Gasteiger partial charge in [-0.25, -0.2) is 0 Å². The highest BCUT2D eigenvalue weighted by atomic mass is 16.4. The Morgan fingerprint density at radius 2 is 1.38 bits per heavy atom. The van der Waals surface area contributed by atoms with Crippen molar-refractivity contribution in [2.45, 2.75) is 26.2 Å². The van der Waals surface area contributed by atoms with E-state index in [1.165, 1.54) is 0 Å². The van der Waals surface area contributed by atoms with Crippen LogP contribution in [0.25, 0.3) is 11.0 Å². The first-order valence-corrected chi connectivity index (χ1v) is 7.44. The van der Waals surface area contributed by atoms with Crippen LogP contribution < -0.4 is 0 Å². The summed E-state index contributed by atoms with van der Waals surface area (Å²) in [6.45, 7) is 2.14. The van der Waals surface area contributed by atoms with E-state index in [0.29, 0.717) is 5.47 Å². The second-order valence-electron chi connectivity index (χ2n) is 5.10. The molecule has 0 bridgehead atoms. The lowest BCUT2D eigenvalue weighted by Crippen LogP contribution is -2.16. The first-order valence-electron chi connectivity index (χ1n) is 7.44. The molecule has 108 valence electrons. The van der Waals surface area contributed by atoms with E-state index in [-0.39, 0.29) is 0 Å². The molecule has 0 aliphatic carbocycles. The summed E-state index contributed by atoms with van der Waals surface area (Å²) in [7, 11) is -1.47. The fourth-order valence-electron chi connectivity index (χ4n) is 2.52. The van der Waals surface area contributed by atoms with Gasteiger partial charge < -0.3 is 10.0 Å². The maximum atomic E-state index is 9.89. The largest absolute Gasteiger partial charge is 0.489 e. The van der Waals surface area contributed by atoms with Gasteiger partial charge in [0, 0.05) is 0 Å². The zero-order chi connectivity index (χ0) is 15.1. The summed E-state index contributed by atoms with van der Waals surface area (Å²) < 4.78 is 0.